The number of nitrogens with zero attached hydrogens (tertiary/aromatic N) is 2. The van der Waals surface area contributed by atoms with Gasteiger partial charge >= 0.3 is 59.1 Å². The molecule has 0 aliphatic rings. The Morgan fingerprint density at radius 1 is 0.700 bits per heavy atom. The van der Waals surface area contributed by atoms with E-state index < -0.39 is 51.2 Å². The average molecular weight is 476 g/mol. The summed E-state index contributed by atoms with van der Waals surface area (Å²) in [5.74, 6) is 0. The Balaban J connectivity index is 0.00000420. The first kappa shape index (κ1) is 28.8. The predicted octanol–water partition coefficient (Wildman–Crippen LogP) is -3.83. The molecule has 0 bridgehead atoms. The number of benzene rings is 2. The predicted molar refractivity (Wildman–Crippen MR) is 94.8 cm³/mol. The molecule has 0 atom stereocenters. The normalized spacial score (nSPS) is 11.4. The van der Waals surface area contributed by atoms with E-state index in [2.05, 4.69) is 0 Å². The molecule has 2 aromatic carbocycles. The summed E-state index contributed by atoms with van der Waals surface area (Å²) in [7, 11) is -9.73. The molecule has 16 heteroatoms. The zero-order valence-corrected chi connectivity index (χ0v) is 21.1. The minimum atomic E-state index is -4.86. The van der Waals surface area contributed by atoms with E-state index >= 15 is 0 Å². The number of hydrogen-bond donors (Lipinski definition) is 2. The van der Waals surface area contributed by atoms with Crippen LogP contribution in [0.5, 0.6) is 0 Å². The van der Waals surface area contributed by atoms with Gasteiger partial charge in [0.05, 0.1) is 9.85 Å². The first-order valence-electron chi connectivity index (χ1n) is 7.00. The van der Waals surface area contributed by atoms with Crippen molar-refractivity contribution in [2.45, 2.75) is 9.79 Å². The maximum absolute atomic E-state index is 11.5. The standard InChI is InChI=1S/C14H10N2O10S2.2Na/c17-15(18)11-5-3-9(13(7-11)27(21,22)23)1-2-10-4-6-12(16(19)20)8-14(10)28(24,25)26;;/h1-8H,(H,21,22,23)(H,24,25,26);;/q;2*+1/b2-1+;;. The fraction of sp³-hybridized carbons (Fsp3) is 0. The summed E-state index contributed by atoms with van der Waals surface area (Å²) in [4.78, 5) is 18.2. The Bertz CT molecular complexity index is 1130. The Morgan fingerprint density at radius 3 is 1.23 bits per heavy atom. The third kappa shape index (κ3) is 7.19. The van der Waals surface area contributed by atoms with Gasteiger partial charge in [-0.05, 0) is 23.3 Å². The Kier molecular flexibility index (Phi) is 10.5. The second-order valence-corrected chi connectivity index (χ2v) is 8.02. The van der Waals surface area contributed by atoms with Crippen molar-refractivity contribution >= 4 is 43.8 Å². The molecule has 148 valence electrons. The van der Waals surface area contributed by atoms with Crippen LogP contribution in [0.3, 0.4) is 0 Å². The van der Waals surface area contributed by atoms with Crippen molar-refractivity contribution in [2.24, 2.45) is 0 Å². The minimum absolute atomic E-state index is 0. The minimum Gasteiger partial charge on any atom is -0.282 e. The van der Waals surface area contributed by atoms with Crippen LogP contribution in [-0.4, -0.2) is 35.8 Å². The van der Waals surface area contributed by atoms with Crippen LogP contribution < -0.4 is 59.1 Å². The van der Waals surface area contributed by atoms with Crippen molar-refractivity contribution in [3.05, 3.63) is 67.8 Å². The van der Waals surface area contributed by atoms with Gasteiger partial charge in [-0.25, -0.2) is 0 Å². The molecule has 0 spiro atoms. The van der Waals surface area contributed by atoms with Gasteiger partial charge in [-0.15, -0.1) is 0 Å². The number of rotatable bonds is 6. The number of hydrogen-bond acceptors (Lipinski definition) is 8. The Labute approximate surface area is 214 Å². The van der Waals surface area contributed by atoms with Gasteiger partial charge < -0.3 is 0 Å². The van der Waals surface area contributed by atoms with Crippen LogP contribution in [0.4, 0.5) is 11.4 Å². The van der Waals surface area contributed by atoms with E-state index in [1.165, 1.54) is 0 Å². The Morgan fingerprint density at radius 2 is 1.00 bits per heavy atom. The van der Waals surface area contributed by atoms with Crippen LogP contribution in [0, 0.1) is 20.2 Å². The molecule has 0 aliphatic heterocycles. The van der Waals surface area contributed by atoms with Crippen molar-refractivity contribution < 1.29 is 94.9 Å². The van der Waals surface area contributed by atoms with Gasteiger partial charge in [-0.1, -0.05) is 12.2 Å². The zero-order valence-electron chi connectivity index (χ0n) is 15.5. The summed E-state index contributed by atoms with van der Waals surface area (Å²) in [6.45, 7) is 0. The quantitative estimate of drug-likeness (QED) is 0.137. The van der Waals surface area contributed by atoms with Crippen molar-refractivity contribution in [3.63, 3.8) is 0 Å². The molecule has 12 nitrogen and oxygen atoms in total. The first-order chi connectivity index (χ1) is 12.8. The van der Waals surface area contributed by atoms with E-state index in [-0.39, 0.29) is 70.2 Å². The van der Waals surface area contributed by atoms with Crippen molar-refractivity contribution in [1.82, 2.24) is 0 Å². The fourth-order valence-electron chi connectivity index (χ4n) is 2.17. The summed E-state index contributed by atoms with van der Waals surface area (Å²) in [6.07, 6.45) is 2.01. The van der Waals surface area contributed by atoms with Crippen molar-refractivity contribution in [2.75, 3.05) is 0 Å². The fourth-order valence-corrected chi connectivity index (χ4v) is 3.58. The van der Waals surface area contributed by atoms with Gasteiger partial charge in [0.1, 0.15) is 9.79 Å². The van der Waals surface area contributed by atoms with E-state index in [0.717, 1.165) is 36.4 Å². The molecule has 0 radical (unpaired) electrons. The Hall–Kier alpha value is -1.20. The third-order valence-corrected chi connectivity index (χ3v) is 5.23. The molecule has 30 heavy (non-hydrogen) atoms. The molecule has 0 saturated heterocycles. The summed E-state index contributed by atoms with van der Waals surface area (Å²) in [5, 5.41) is 21.5. The topological polar surface area (TPSA) is 195 Å². The smallest absolute Gasteiger partial charge is 0.282 e. The van der Waals surface area contributed by atoms with Crippen LogP contribution >= 0.6 is 0 Å². The molecule has 0 heterocycles. The molecular weight excluding hydrogens is 466 g/mol. The maximum atomic E-state index is 11.5. The van der Waals surface area contributed by atoms with Gasteiger partial charge in [0.25, 0.3) is 31.6 Å². The first-order valence-corrected chi connectivity index (χ1v) is 9.88. The maximum Gasteiger partial charge on any atom is 1.00 e. The number of non-ortho nitro benzene ring substituents is 2. The second kappa shape index (κ2) is 10.9. The molecule has 2 aromatic rings. The molecule has 0 unspecified atom stereocenters. The van der Waals surface area contributed by atoms with E-state index in [0.29, 0.717) is 12.1 Å². The largest absolute Gasteiger partial charge is 1.00 e. The molecule has 0 amide bonds. The van der Waals surface area contributed by atoms with E-state index in [9.17, 15) is 46.2 Å². The van der Waals surface area contributed by atoms with Gasteiger partial charge in [-0.2, -0.15) is 16.8 Å². The van der Waals surface area contributed by atoms with E-state index in [1.54, 1.807) is 0 Å². The van der Waals surface area contributed by atoms with Gasteiger partial charge in [0, 0.05) is 24.3 Å². The molecule has 0 fully saturated rings. The van der Waals surface area contributed by atoms with Crippen LogP contribution in [-0.2, 0) is 20.2 Å². The van der Waals surface area contributed by atoms with Crippen LogP contribution in [0.25, 0.3) is 12.2 Å². The molecule has 0 saturated carbocycles. The molecule has 0 aromatic heterocycles. The summed E-state index contributed by atoms with van der Waals surface area (Å²) < 4.78 is 64.4. The zero-order chi connectivity index (χ0) is 21.3. The monoisotopic (exact) mass is 476 g/mol. The molecule has 2 N–H and O–H groups in total. The SMILES string of the molecule is O=[N+]([O-])c1ccc(/C=C/c2ccc([N+](=O)[O-])cc2S(=O)(=O)O)c(S(=O)(=O)O)c1.[Na+].[Na+]. The molecular formula is C14H10N2Na2O10S2+2. The van der Waals surface area contributed by atoms with Gasteiger partial charge in [-0.3, -0.25) is 29.3 Å². The summed E-state index contributed by atoms with van der Waals surface area (Å²) >= 11 is 0. The molecule has 0 aliphatic carbocycles. The molecule has 2 rings (SSSR count). The number of nitro benzene ring substituents is 2. The summed E-state index contributed by atoms with van der Waals surface area (Å²) in [6, 6.07) is 5.11. The van der Waals surface area contributed by atoms with Crippen molar-refractivity contribution in [1.29, 1.82) is 0 Å². The van der Waals surface area contributed by atoms with Crippen LogP contribution in [0.1, 0.15) is 11.1 Å². The van der Waals surface area contributed by atoms with E-state index in [4.69, 9.17) is 0 Å². The van der Waals surface area contributed by atoms with Gasteiger partial charge in [0.2, 0.25) is 0 Å². The van der Waals surface area contributed by atoms with Crippen molar-refractivity contribution in [3.8, 4) is 0 Å². The van der Waals surface area contributed by atoms with Crippen LogP contribution in [0.15, 0.2) is 46.2 Å². The summed E-state index contributed by atoms with van der Waals surface area (Å²) in [5.41, 5.74) is -1.68. The van der Waals surface area contributed by atoms with Crippen LogP contribution in [0.2, 0.25) is 0 Å². The third-order valence-electron chi connectivity index (χ3n) is 3.41. The van der Waals surface area contributed by atoms with E-state index in [1.807, 2.05) is 0 Å². The van der Waals surface area contributed by atoms with Gasteiger partial charge in [0.15, 0.2) is 0 Å². The number of nitro groups is 2. The second-order valence-electron chi connectivity index (χ2n) is 5.24. The average Bonchev–Trinajstić information content (AvgIpc) is 2.57.